The lowest BCUT2D eigenvalue weighted by Crippen LogP contribution is -2.11. The van der Waals surface area contributed by atoms with E-state index in [4.69, 9.17) is 5.73 Å². The fraction of sp³-hybridized carbons (Fsp3) is 0.526. The second-order valence-electron chi connectivity index (χ2n) is 7.04. The first-order valence-corrected chi connectivity index (χ1v) is 9.57. The average molecular weight is 403 g/mol. The molecule has 1 atom stereocenters. The van der Waals surface area contributed by atoms with Crippen molar-refractivity contribution in [2.45, 2.75) is 57.3 Å². The average Bonchev–Trinajstić information content (AvgIpc) is 2.89. The van der Waals surface area contributed by atoms with Gasteiger partial charge < -0.3 is 5.73 Å². The summed E-state index contributed by atoms with van der Waals surface area (Å²) >= 11 is 1.61. The second kappa shape index (κ2) is 8.70. The number of nitrogens with zero attached hydrogens (tertiary/aromatic N) is 1. The topological polar surface area (TPSA) is 38.9 Å². The van der Waals surface area contributed by atoms with E-state index in [1.165, 1.54) is 49.0 Å². The molecule has 1 saturated carbocycles. The normalized spacial score (nSPS) is 19.8. The molecule has 6 heteroatoms. The Balaban J connectivity index is 0.00000113. The maximum atomic E-state index is 13.7. The predicted molar refractivity (Wildman–Crippen MR) is 109 cm³/mol. The number of nitrogen functional groups attached to an aromatic ring is 1. The van der Waals surface area contributed by atoms with Crippen LogP contribution in [0.1, 0.15) is 61.3 Å². The number of aryl methyl sites for hydroxylation is 1. The third-order valence-electron chi connectivity index (χ3n) is 5.47. The van der Waals surface area contributed by atoms with E-state index < -0.39 is 0 Å². The number of nitrogens with two attached hydrogens (primary N) is 1. The summed E-state index contributed by atoms with van der Waals surface area (Å²) in [6, 6.07) is 5.12. The molecule has 138 valence electrons. The van der Waals surface area contributed by atoms with Crippen LogP contribution in [0.4, 0.5) is 9.52 Å². The Morgan fingerprint density at radius 3 is 2.64 bits per heavy atom. The third-order valence-corrected chi connectivity index (χ3v) is 6.52. The van der Waals surface area contributed by atoms with Crippen molar-refractivity contribution >= 4 is 41.3 Å². The van der Waals surface area contributed by atoms with E-state index in [2.05, 4.69) is 4.98 Å². The maximum Gasteiger partial charge on any atom is 0.180 e. The summed E-state index contributed by atoms with van der Waals surface area (Å²) in [6.07, 6.45) is 10.2. The Bertz CT molecular complexity index is 713. The summed E-state index contributed by atoms with van der Waals surface area (Å²) in [5.41, 5.74) is 9.13. The van der Waals surface area contributed by atoms with Crippen molar-refractivity contribution in [1.29, 1.82) is 0 Å². The van der Waals surface area contributed by atoms with Crippen molar-refractivity contribution in [1.82, 2.24) is 4.98 Å². The van der Waals surface area contributed by atoms with Crippen molar-refractivity contribution in [2.75, 3.05) is 5.73 Å². The molecule has 4 rings (SSSR count). The summed E-state index contributed by atoms with van der Waals surface area (Å²) in [6.45, 7) is 0. The first-order chi connectivity index (χ1) is 11.2. The van der Waals surface area contributed by atoms with Gasteiger partial charge in [-0.1, -0.05) is 38.2 Å². The summed E-state index contributed by atoms with van der Waals surface area (Å²) in [7, 11) is 0. The second-order valence-corrected chi connectivity index (χ2v) is 8.10. The Kier molecular flexibility index (Phi) is 7.12. The highest BCUT2D eigenvalue weighted by molar-refractivity contribution is 7.15. The van der Waals surface area contributed by atoms with Gasteiger partial charge in [-0.2, -0.15) is 0 Å². The number of benzene rings is 1. The minimum Gasteiger partial charge on any atom is -0.375 e. The molecular weight excluding hydrogens is 378 g/mol. The summed E-state index contributed by atoms with van der Waals surface area (Å²) < 4.78 is 13.7. The molecule has 2 aliphatic carbocycles. The van der Waals surface area contributed by atoms with Gasteiger partial charge in [-0.05, 0) is 48.8 Å². The van der Waals surface area contributed by atoms with Crippen LogP contribution in [0.25, 0.3) is 11.3 Å². The van der Waals surface area contributed by atoms with E-state index >= 15 is 0 Å². The van der Waals surface area contributed by atoms with Crippen LogP contribution in [0.2, 0.25) is 0 Å². The van der Waals surface area contributed by atoms with Gasteiger partial charge >= 0.3 is 0 Å². The Labute approximate surface area is 165 Å². The SMILES string of the molecule is Cl.Cl.Nc1nc2c(s1)C(CC1CCCCC1)CCc1ccc(F)cc1-2. The van der Waals surface area contributed by atoms with Gasteiger partial charge in [-0.25, -0.2) is 9.37 Å². The molecule has 0 aliphatic heterocycles. The molecule has 0 bridgehead atoms. The molecule has 1 aromatic heterocycles. The van der Waals surface area contributed by atoms with Crippen molar-refractivity contribution in [2.24, 2.45) is 5.92 Å². The Morgan fingerprint density at radius 2 is 1.88 bits per heavy atom. The van der Waals surface area contributed by atoms with Crippen molar-refractivity contribution < 1.29 is 4.39 Å². The minimum absolute atomic E-state index is 0. The lowest BCUT2D eigenvalue weighted by atomic mass is 9.81. The van der Waals surface area contributed by atoms with Crippen LogP contribution in [-0.2, 0) is 6.42 Å². The zero-order chi connectivity index (χ0) is 15.8. The maximum absolute atomic E-state index is 13.7. The fourth-order valence-electron chi connectivity index (χ4n) is 4.32. The Morgan fingerprint density at radius 1 is 1.12 bits per heavy atom. The molecule has 2 aliphatic rings. The summed E-state index contributed by atoms with van der Waals surface area (Å²) in [4.78, 5) is 5.86. The summed E-state index contributed by atoms with van der Waals surface area (Å²) in [5.74, 6) is 1.17. The number of anilines is 1. The number of thiazole rings is 1. The molecule has 2 nitrogen and oxygen atoms in total. The van der Waals surface area contributed by atoms with E-state index in [1.807, 2.05) is 6.07 Å². The lowest BCUT2D eigenvalue weighted by Gasteiger charge is -2.25. The molecule has 1 fully saturated rings. The highest BCUT2D eigenvalue weighted by Crippen LogP contribution is 2.45. The van der Waals surface area contributed by atoms with Crippen LogP contribution < -0.4 is 5.73 Å². The number of rotatable bonds is 2. The monoisotopic (exact) mass is 402 g/mol. The fourth-order valence-corrected chi connectivity index (χ4v) is 5.31. The van der Waals surface area contributed by atoms with Gasteiger partial charge in [0.25, 0.3) is 0 Å². The first kappa shape index (κ1) is 20.5. The van der Waals surface area contributed by atoms with E-state index in [0.717, 1.165) is 30.0 Å². The van der Waals surface area contributed by atoms with Crippen LogP contribution >= 0.6 is 36.2 Å². The van der Waals surface area contributed by atoms with Gasteiger partial charge in [0.15, 0.2) is 5.13 Å². The molecule has 0 amide bonds. The molecule has 25 heavy (non-hydrogen) atoms. The largest absolute Gasteiger partial charge is 0.375 e. The predicted octanol–water partition coefficient (Wildman–Crippen LogP) is 6.38. The van der Waals surface area contributed by atoms with Crippen molar-refractivity contribution in [3.63, 3.8) is 0 Å². The third kappa shape index (κ3) is 4.29. The number of hydrogen-bond acceptors (Lipinski definition) is 3. The van der Waals surface area contributed by atoms with Crippen molar-refractivity contribution in [3.05, 3.63) is 34.5 Å². The van der Waals surface area contributed by atoms with E-state index in [-0.39, 0.29) is 30.6 Å². The van der Waals surface area contributed by atoms with E-state index in [1.54, 1.807) is 23.5 Å². The zero-order valence-corrected chi connectivity index (χ0v) is 16.6. The minimum atomic E-state index is -0.188. The van der Waals surface area contributed by atoms with E-state index in [9.17, 15) is 4.39 Å². The van der Waals surface area contributed by atoms with Gasteiger partial charge in [-0.3, -0.25) is 0 Å². The number of halogens is 3. The van der Waals surface area contributed by atoms with Gasteiger partial charge in [0.05, 0.1) is 5.69 Å². The molecule has 0 radical (unpaired) electrons. The smallest absolute Gasteiger partial charge is 0.180 e. The van der Waals surface area contributed by atoms with E-state index in [0.29, 0.717) is 11.0 Å². The quantitative estimate of drug-likeness (QED) is 0.632. The van der Waals surface area contributed by atoms with Crippen LogP contribution in [0.3, 0.4) is 0 Å². The highest BCUT2D eigenvalue weighted by atomic mass is 35.5. The van der Waals surface area contributed by atoms with Gasteiger partial charge in [0, 0.05) is 10.4 Å². The number of aromatic nitrogens is 1. The molecule has 0 saturated heterocycles. The first-order valence-electron chi connectivity index (χ1n) is 8.75. The highest BCUT2D eigenvalue weighted by Gasteiger charge is 2.28. The standard InChI is InChI=1S/C19H23FN2S.2ClH/c20-15-9-8-13-6-7-14(10-12-4-2-1-3-5-12)18-17(16(13)11-15)22-19(21)23-18;;/h8-9,11-12,14H,1-7,10H2,(H2,21,22);2*1H. The zero-order valence-electron chi connectivity index (χ0n) is 14.2. The van der Waals surface area contributed by atoms with Crippen LogP contribution in [0, 0.1) is 11.7 Å². The molecule has 0 spiro atoms. The van der Waals surface area contributed by atoms with Gasteiger partial charge in [0.2, 0.25) is 0 Å². The summed E-state index contributed by atoms with van der Waals surface area (Å²) in [5, 5.41) is 0.612. The van der Waals surface area contributed by atoms with Crippen LogP contribution in [0.5, 0.6) is 0 Å². The van der Waals surface area contributed by atoms with Crippen LogP contribution in [-0.4, -0.2) is 4.98 Å². The molecule has 1 heterocycles. The van der Waals surface area contributed by atoms with Gasteiger partial charge in [0.1, 0.15) is 5.82 Å². The molecule has 2 N–H and O–H groups in total. The Hall–Kier alpha value is -0.840. The number of hydrogen-bond donors (Lipinski definition) is 1. The molecule has 1 unspecified atom stereocenters. The van der Waals surface area contributed by atoms with Crippen LogP contribution in [0.15, 0.2) is 18.2 Å². The molecule has 1 aromatic carbocycles. The molecular formula is C19H25Cl2FN2S. The van der Waals surface area contributed by atoms with Gasteiger partial charge in [-0.15, -0.1) is 36.2 Å². The lowest BCUT2D eigenvalue weighted by molar-refractivity contribution is 0.314. The van der Waals surface area contributed by atoms with Crippen molar-refractivity contribution in [3.8, 4) is 11.3 Å². The molecule has 2 aromatic rings. The number of fused-ring (bicyclic) bond motifs is 3.